The van der Waals surface area contributed by atoms with Crippen molar-refractivity contribution in [2.45, 2.75) is 52.3 Å². The normalized spacial score (nSPS) is 17.8. The van der Waals surface area contributed by atoms with E-state index in [-0.39, 0.29) is 5.60 Å². The molecule has 0 aromatic heterocycles. The number of likely N-dealkylation sites (N-methyl/N-ethyl adjacent to an activating group) is 1. The van der Waals surface area contributed by atoms with E-state index in [2.05, 4.69) is 56.9 Å². The Bertz CT molecular complexity index is 688. The predicted molar refractivity (Wildman–Crippen MR) is 102 cm³/mol. The predicted octanol–water partition coefficient (Wildman–Crippen LogP) is 4.69. The van der Waals surface area contributed by atoms with E-state index < -0.39 is 0 Å². The zero-order chi connectivity index (χ0) is 17.9. The summed E-state index contributed by atoms with van der Waals surface area (Å²) in [5.74, 6) is 1.78. The molecule has 0 N–H and O–H groups in total. The van der Waals surface area contributed by atoms with Crippen LogP contribution in [-0.4, -0.2) is 29.7 Å². The molecule has 25 heavy (non-hydrogen) atoms. The fraction of sp³-hybridized carbons (Fsp3) is 0.455. The van der Waals surface area contributed by atoms with Crippen LogP contribution >= 0.6 is 0 Å². The van der Waals surface area contributed by atoms with Gasteiger partial charge in [0.15, 0.2) is 0 Å². The molecule has 1 aliphatic rings. The molecular formula is C22H29NO2. The van der Waals surface area contributed by atoms with Crippen LogP contribution in [0, 0.1) is 0 Å². The van der Waals surface area contributed by atoms with Gasteiger partial charge in [-0.1, -0.05) is 31.2 Å². The molecule has 134 valence electrons. The van der Waals surface area contributed by atoms with Crippen LogP contribution in [0.5, 0.6) is 11.5 Å². The Balaban J connectivity index is 1.61. The van der Waals surface area contributed by atoms with Gasteiger partial charge in [0.25, 0.3) is 0 Å². The third kappa shape index (κ3) is 4.76. The number of rotatable bonds is 5. The van der Waals surface area contributed by atoms with Gasteiger partial charge in [-0.2, -0.15) is 0 Å². The summed E-state index contributed by atoms with van der Waals surface area (Å²) < 4.78 is 11.9. The summed E-state index contributed by atoms with van der Waals surface area (Å²) in [5, 5.41) is 0. The molecule has 1 aliphatic heterocycles. The van der Waals surface area contributed by atoms with Crippen molar-refractivity contribution < 1.29 is 9.47 Å². The minimum atomic E-state index is -0.181. The fourth-order valence-corrected chi connectivity index (χ4v) is 3.33. The number of hydrogen-bond acceptors (Lipinski definition) is 3. The first-order chi connectivity index (χ1) is 11.9. The average molecular weight is 339 g/mol. The van der Waals surface area contributed by atoms with Crippen LogP contribution in [0.4, 0.5) is 0 Å². The van der Waals surface area contributed by atoms with Crippen molar-refractivity contribution in [2.24, 2.45) is 0 Å². The number of hydrogen-bond donors (Lipinski definition) is 0. The molecule has 2 aromatic carbocycles. The number of fused-ring (bicyclic) bond motifs is 1. The second-order valence-corrected chi connectivity index (χ2v) is 7.69. The Kier molecular flexibility index (Phi) is 5.33. The Morgan fingerprint density at radius 1 is 0.960 bits per heavy atom. The van der Waals surface area contributed by atoms with E-state index in [0.29, 0.717) is 12.6 Å². The highest BCUT2D eigenvalue weighted by molar-refractivity contribution is 5.32. The summed E-state index contributed by atoms with van der Waals surface area (Å²) in [6.45, 7) is 11.1. The highest BCUT2D eigenvalue weighted by atomic mass is 16.5. The molecule has 0 spiro atoms. The first-order valence-electron chi connectivity index (χ1n) is 9.17. The van der Waals surface area contributed by atoms with Crippen molar-refractivity contribution in [3.05, 3.63) is 59.7 Å². The average Bonchev–Trinajstić information content (AvgIpc) is 2.59. The summed E-state index contributed by atoms with van der Waals surface area (Å²) in [4.78, 5) is 2.50. The molecule has 0 fully saturated rings. The van der Waals surface area contributed by atoms with Crippen molar-refractivity contribution in [1.29, 1.82) is 0 Å². The van der Waals surface area contributed by atoms with Gasteiger partial charge < -0.3 is 9.47 Å². The highest BCUT2D eigenvalue weighted by Crippen LogP contribution is 2.25. The van der Waals surface area contributed by atoms with E-state index in [1.165, 1.54) is 11.1 Å². The van der Waals surface area contributed by atoms with Crippen LogP contribution in [0.2, 0.25) is 0 Å². The Hall–Kier alpha value is -2.00. The third-order valence-corrected chi connectivity index (χ3v) is 4.56. The molecule has 0 amide bonds. The SMILES string of the molecule is CCN1Cc2ccccc2CC1COc1ccc(OC(C)(C)C)cc1. The molecular weight excluding hydrogens is 310 g/mol. The lowest BCUT2D eigenvalue weighted by atomic mass is 9.94. The smallest absolute Gasteiger partial charge is 0.120 e. The molecule has 1 heterocycles. The van der Waals surface area contributed by atoms with Gasteiger partial charge in [0.2, 0.25) is 0 Å². The molecule has 1 atom stereocenters. The maximum atomic E-state index is 6.08. The number of ether oxygens (including phenoxy) is 2. The number of nitrogens with zero attached hydrogens (tertiary/aromatic N) is 1. The van der Waals surface area contributed by atoms with Gasteiger partial charge in [-0.05, 0) is 69.1 Å². The molecule has 2 aromatic rings. The molecule has 0 radical (unpaired) electrons. The molecule has 3 heteroatoms. The zero-order valence-electron chi connectivity index (χ0n) is 15.8. The maximum Gasteiger partial charge on any atom is 0.120 e. The first-order valence-corrected chi connectivity index (χ1v) is 9.17. The maximum absolute atomic E-state index is 6.08. The second kappa shape index (κ2) is 7.49. The summed E-state index contributed by atoms with van der Waals surface area (Å²) in [5.41, 5.74) is 2.72. The van der Waals surface area contributed by atoms with Crippen LogP contribution < -0.4 is 9.47 Å². The van der Waals surface area contributed by atoms with Crippen molar-refractivity contribution >= 4 is 0 Å². The third-order valence-electron chi connectivity index (χ3n) is 4.56. The van der Waals surface area contributed by atoms with Gasteiger partial charge in [0, 0.05) is 12.6 Å². The minimum Gasteiger partial charge on any atom is -0.492 e. The van der Waals surface area contributed by atoms with E-state index in [1.54, 1.807) is 0 Å². The van der Waals surface area contributed by atoms with Gasteiger partial charge >= 0.3 is 0 Å². The van der Waals surface area contributed by atoms with Crippen molar-refractivity contribution in [2.75, 3.05) is 13.2 Å². The van der Waals surface area contributed by atoms with Crippen LogP contribution in [-0.2, 0) is 13.0 Å². The minimum absolute atomic E-state index is 0.181. The Labute approximate surface area is 151 Å². The van der Waals surface area contributed by atoms with E-state index in [9.17, 15) is 0 Å². The lowest BCUT2D eigenvalue weighted by Gasteiger charge is -2.36. The molecule has 3 nitrogen and oxygen atoms in total. The molecule has 0 aliphatic carbocycles. The zero-order valence-corrected chi connectivity index (χ0v) is 15.8. The largest absolute Gasteiger partial charge is 0.492 e. The van der Waals surface area contributed by atoms with Crippen molar-refractivity contribution in [3.8, 4) is 11.5 Å². The summed E-state index contributed by atoms with van der Waals surface area (Å²) in [7, 11) is 0. The standard InChI is InChI=1S/C22H29NO2/c1-5-23-15-18-9-7-6-8-17(18)14-19(23)16-24-20-10-12-21(13-11-20)25-22(2,3)4/h6-13,19H,5,14-16H2,1-4H3. The van der Waals surface area contributed by atoms with Gasteiger partial charge in [0.05, 0.1) is 0 Å². The highest BCUT2D eigenvalue weighted by Gasteiger charge is 2.25. The van der Waals surface area contributed by atoms with E-state index >= 15 is 0 Å². The topological polar surface area (TPSA) is 21.7 Å². The van der Waals surface area contributed by atoms with Crippen LogP contribution in [0.1, 0.15) is 38.8 Å². The molecule has 0 saturated carbocycles. The van der Waals surface area contributed by atoms with Gasteiger partial charge in [-0.3, -0.25) is 4.90 Å². The molecule has 0 bridgehead atoms. The number of benzene rings is 2. The molecule has 1 unspecified atom stereocenters. The summed E-state index contributed by atoms with van der Waals surface area (Å²) in [6, 6.07) is 17.1. The van der Waals surface area contributed by atoms with Crippen molar-refractivity contribution in [1.82, 2.24) is 4.90 Å². The fourth-order valence-electron chi connectivity index (χ4n) is 3.33. The van der Waals surface area contributed by atoms with Crippen molar-refractivity contribution in [3.63, 3.8) is 0 Å². The van der Waals surface area contributed by atoms with Crippen LogP contribution in [0.3, 0.4) is 0 Å². The second-order valence-electron chi connectivity index (χ2n) is 7.69. The van der Waals surface area contributed by atoms with Gasteiger partial charge in [0.1, 0.15) is 23.7 Å². The van der Waals surface area contributed by atoms with Crippen LogP contribution in [0.25, 0.3) is 0 Å². The van der Waals surface area contributed by atoms with Gasteiger partial charge in [-0.25, -0.2) is 0 Å². The van der Waals surface area contributed by atoms with E-state index in [4.69, 9.17) is 9.47 Å². The van der Waals surface area contributed by atoms with Gasteiger partial charge in [-0.15, -0.1) is 0 Å². The van der Waals surface area contributed by atoms with E-state index in [1.807, 2.05) is 24.3 Å². The molecule has 0 saturated heterocycles. The Morgan fingerprint density at radius 2 is 1.60 bits per heavy atom. The monoisotopic (exact) mass is 339 g/mol. The Morgan fingerprint density at radius 3 is 2.24 bits per heavy atom. The summed E-state index contributed by atoms with van der Waals surface area (Å²) in [6.07, 6.45) is 1.05. The van der Waals surface area contributed by atoms with Crippen LogP contribution in [0.15, 0.2) is 48.5 Å². The lowest BCUT2D eigenvalue weighted by molar-refractivity contribution is 0.121. The lowest BCUT2D eigenvalue weighted by Crippen LogP contribution is -2.43. The summed E-state index contributed by atoms with van der Waals surface area (Å²) >= 11 is 0. The first kappa shape index (κ1) is 17.8. The molecule has 3 rings (SSSR count). The quantitative estimate of drug-likeness (QED) is 0.789. The van der Waals surface area contributed by atoms with E-state index in [0.717, 1.165) is 31.0 Å².